The van der Waals surface area contributed by atoms with E-state index in [-0.39, 0.29) is 5.52 Å². The molecule has 0 bridgehead atoms. The summed E-state index contributed by atoms with van der Waals surface area (Å²) in [5, 5.41) is -0.664. The first-order valence-corrected chi connectivity index (χ1v) is 9.43. The zero-order valence-corrected chi connectivity index (χ0v) is 17.5. The van der Waals surface area contributed by atoms with Crippen molar-refractivity contribution in [1.29, 1.82) is 0 Å². The van der Waals surface area contributed by atoms with Crippen molar-refractivity contribution in [3.63, 3.8) is 0 Å². The molecular formula is C18H10BF8NO8. The van der Waals surface area contributed by atoms with E-state index in [0.29, 0.717) is 25.1 Å². The Hall–Kier alpha value is -3.86. The molecule has 0 atom stereocenters. The number of pyridine rings is 1. The molecule has 1 aliphatic rings. The predicted molar refractivity (Wildman–Crippen MR) is 98.4 cm³/mol. The fourth-order valence-corrected chi connectivity index (χ4v) is 2.93. The Morgan fingerprint density at radius 1 is 0.972 bits per heavy atom. The standard InChI is InChI=1S/C18H10BF8NO8/c1-33-13-10(21)9(20)4-7-11(13)28(6-2-3-6)5-8(12(7)29)14(30)34-19(35-15(31)17(22,23)24)36-16(32)18(25,26)27/h4-6H,2-3H2,1H3. The molecule has 0 spiro atoms. The van der Waals surface area contributed by atoms with E-state index < -0.39 is 77.4 Å². The number of hydrogen-bond acceptors (Lipinski definition) is 8. The van der Waals surface area contributed by atoms with Crippen LogP contribution in [0.15, 0.2) is 17.1 Å². The number of carbonyl (C=O) groups excluding carboxylic acids is 3. The second-order valence-electron chi connectivity index (χ2n) is 7.11. The number of aromatic nitrogens is 1. The lowest BCUT2D eigenvalue weighted by Crippen LogP contribution is -2.42. The number of carbonyl (C=O) groups is 3. The molecule has 36 heavy (non-hydrogen) atoms. The summed E-state index contributed by atoms with van der Waals surface area (Å²) in [4.78, 5) is 47.3. The van der Waals surface area contributed by atoms with Gasteiger partial charge in [0.25, 0.3) is 0 Å². The summed E-state index contributed by atoms with van der Waals surface area (Å²) in [5.74, 6) is -12.2. The molecule has 18 heteroatoms. The molecule has 2 aromatic rings. The number of rotatable bonds is 6. The predicted octanol–water partition coefficient (Wildman–Crippen LogP) is 2.98. The van der Waals surface area contributed by atoms with Gasteiger partial charge in [-0.25, -0.2) is 18.8 Å². The monoisotopic (exact) mass is 531 g/mol. The van der Waals surface area contributed by atoms with Gasteiger partial charge < -0.3 is 23.3 Å². The summed E-state index contributed by atoms with van der Waals surface area (Å²) in [7, 11) is -2.57. The number of fused-ring (bicyclic) bond motifs is 1. The second-order valence-corrected chi connectivity index (χ2v) is 7.11. The van der Waals surface area contributed by atoms with Crippen molar-refractivity contribution in [2.24, 2.45) is 0 Å². The van der Waals surface area contributed by atoms with Gasteiger partial charge in [-0.15, -0.1) is 0 Å². The van der Waals surface area contributed by atoms with E-state index in [1.165, 1.54) is 0 Å². The summed E-state index contributed by atoms with van der Waals surface area (Å²) in [5.41, 5.74) is -2.82. The first-order chi connectivity index (χ1) is 16.6. The third-order valence-electron chi connectivity index (χ3n) is 4.60. The third-order valence-corrected chi connectivity index (χ3v) is 4.60. The SMILES string of the molecule is COc1c(F)c(F)cc2c(=O)c(C(=O)OB(OC(=O)C(F)(F)F)OC(=O)C(F)(F)F)cn(C3CC3)c12. The maximum absolute atomic E-state index is 14.2. The van der Waals surface area contributed by atoms with Gasteiger partial charge in [0.2, 0.25) is 11.2 Å². The molecule has 1 aliphatic carbocycles. The minimum Gasteiger partial charge on any atom is -0.491 e. The fourth-order valence-electron chi connectivity index (χ4n) is 2.93. The lowest BCUT2D eigenvalue weighted by atomic mass is 10.1. The highest BCUT2D eigenvalue weighted by Crippen LogP contribution is 2.40. The highest BCUT2D eigenvalue weighted by molar-refractivity contribution is 6.45. The second kappa shape index (κ2) is 9.31. The average Bonchev–Trinajstić information content (AvgIpc) is 3.59. The Labute approximate surface area is 193 Å². The van der Waals surface area contributed by atoms with Gasteiger partial charge in [0.05, 0.1) is 18.0 Å². The smallest absolute Gasteiger partial charge is 0.491 e. The molecule has 0 saturated heterocycles. The molecule has 9 nitrogen and oxygen atoms in total. The molecule has 0 N–H and O–H groups in total. The molecule has 0 amide bonds. The Balaban J connectivity index is 2.07. The number of halogens is 8. The van der Waals surface area contributed by atoms with E-state index >= 15 is 0 Å². The highest BCUT2D eigenvalue weighted by Gasteiger charge is 2.52. The maximum atomic E-state index is 14.2. The lowest BCUT2D eigenvalue weighted by molar-refractivity contribution is -0.199. The molecule has 3 rings (SSSR count). The zero-order valence-electron chi connectivity index (χ0n) is 17.5. The number of ether oxygens (including phenoxy) is 1. The van der Waals surface area contributed by atoms with E-state index in [1.54, 1.807) is 0 Å². The van der Waals surface area contributed by atoms with Gasteiger partial charge in [0, 0.05) is 12.2 Å². The van der Waals surface area contributed by atoms with Crippen LogP contribution in [0, 0.1) is 11.6 Å². The average molecular weight is 531 g/mol. The minimum absolute atomic E-state index is 0.302. The fraction of sp³-hybridized carbons (Fsp3) is 0.333. The molecule has 1 aromatic carbocycles. The van der Waals surface area contributed by atoms with Gasteiger partial charge in [-0.1, -0.05) is 0 Å². The van der Waals surface area contributed by atoms with Crippen molar-refractivity contribution >= 4 is 36.1 Å². The van der Waals surface area contributed by atoms with Crippen molar-refractivity contribution in [2.45, 2.75) is 31.2 Å². The van der Waals surface area contributed by atoms with Gasteiger partial charge >= 0.3 is 37.6 Å². The Morgan fingerprint density at radius 3 is 1.94 bits per heavy atom. The van der Waals surface area contributed by atoms with Gasteiger partial charge in [0.15, 0.2) is 11.6 Å². The molecule has 0 radical (unpaired) electrons. The van der Waals surface area contributed by atoms with E-state index in [2.05, 4.69) is 14.0 Å². The largest absolute Gasteiger partial charge is 0.870 e. The Kier molecular flexibility index (Phi) is 6.91. The van der Waals surface area contributed by atoms with Crippen LogP contribution in [0.1, 0.15) is 29.2 Å². The molecular weight excluding hydrogens is 521 g/mol. The van der Waals surface area contributed by atoms with Crippen LogP contribution < -0.4 is 10.2 Å². The van der Waals surface area contributed by atoms with Crippen molar-refractivity contribution in [3.05, 3.63) is 39.7 Å². The zero-order chi connectivity index (χ0) is 27.2. The third kappa shape index (κ3) is 5.36. The summed E-state index contributed by atoms with van der Waals surface area (Å²) in [6.07, 6.45) is -10.1. The number of hydrogen-bond donors (Lipinski definition) is 0. The van der Waals surface area contributed by atoms with Gasteiger partial charge in [-0.2, -0.15) is 30.7 Å². The molecule has 194 valence electrons. The lowest BCUT2D eigenvalue weighted by Gasteiger charge is -2.17. The molecule has 1 aromatic heterocycles. The van der Waals surface area contributed by atoms with E-state index in [0.717, 1.165) is 11.7 Å². The molecule has 1 fully saturated rings. The van der Waals surface area contributed by atoms with Crippen LogP contribution in [0.2, 0.25) is 0 Å². The van der Waals surface area contributed by atoms with Crippen LogP contribution >= 0.6 is 0 Å². The molecule has 1 saturated carbocycles. The molecule has 0 unspecified atom stereocenters. The summed E-state index contributed by atoms with van der Waals surface area (Å²) in [6, 6.07) is -0.101. The Bertz CT molecular complexity index is 1270. The highest BCUT2D eigenvalue weighted by atomic mass is 19.4. The quantitative estimate of drug-likeness (QED) is 0.414. The van der Waals surface area contributed by atoms with Gasteiger partial charge in [-0.05, 0) is 18.9 Å². The Morgan fingerprint density at radius 2 is 1.50 bits per heavy atom. The normalized spacial score (nSPS) is 13.8. The number of benzene rings is 1. The van der Waals surface area contributed by atoms with E-state index in [4.69, 9.17) is 4.74 Å². The topological polar surface area (TPSA) is 110 Å². The molecule has 0 aliphatic heterocycles. The van der Waals surface area contributed by atoms with E-state index in [1.807, 2.05) is 0 Å². The van der Waals surface area contributed by atoms with Gasteiger partial charge in [0.1, 0.15) is 5.56 Å². The maximum Gasteiger partial charge on any atom is 0.870 e. The van der Waals surface area contributed by atoms with Crippen molar-refractivity contribution in [2.75, 3.05) is 7.11 Å². The number of methoxy groups -OCH3 is 1. The first-order valence-electron chi connectivity index (χ1n) is 9.43. The van der Waals surface area contributed by atoms with Crippen LogP contribution in [0.5, 0.6) is 5.75 Å². The van der Waals surface area contributed by atoms with Crippen LogP contribution in [-0.2, 0) is 23.6 Å². The van der Waals surface area contributed by atoms with Crippen LogP contribution in [-0.4, -0.2) is 49.3 Å². The molecule has 1 heterocycles. The van der Waals surface area contributed by atoms with Crippen LogP contribution in [0.4, 0.5) is 35.1 Å². The van der Waals surface area contributed by atoms with Crippen LogP contribution in [0.25, 0.3) is 10.9 Å². The van der Waals surface area contributed by atoms with Crippen molar-refractivity contribution in [3.8, 4) is 5.75 Å². The summed E-state index contributed by atoms with van der Waals surface area (Å²) >= 11 is 0. The van der Waals surface area contributed by atoms with Crippen molar-refractivity contribution < 1.29 is 68.2 Å². The van der Waals surface area contributed by atoms with Gasteiger partial charge in [-0.3, -0.25) is 4.79 Å². The summed E-state index contributed by atoms with van der Waals surface area (Å²) < 4.78 is 120. The first kappa shape index (κ1) is 26.7. The number of nitrogens with zero attached hydrogens (tertiary/aromatic N) is 1. The van der Waals surface area contributed by atoms with Crippen molar-refractivity contribution in [1.82, 2.24) is 4.57 Å². The van der Waals surface area contributed by atoms with E-state index in [9.17, 15) is 54.3 Å². The number of alkyl halides is 6. The minimum atomic E-state index is -5.81. The van der Waals surface area contributed by atoms with Crippen LogP contribution in [0.3, 0.4) is 0 Å². The summed E-state index contributed by atoms with van der Waals surface area (Å²) in [6.45, 7) is 0.